The third kappa shape index (κ3) is 29.9. The lowest BCUT2D eigenvalue weighted by Crippen LogP contribution is -2.15. The van der Waals surface area contributed by atoms with Crippen LogP contribution in [0.1, 0.15) is 136 Å². The zero-order valence-corrected chi connectivity index (χ0v) is 25.6. The van der Waals surface area contributed by atoms with Crippen LogP contribution >= 0.6 is 0 Å². The number of carbonyl (C=O) groups excluding carboxylic acids is 1. The zero-order valence-electron chi connectivity index (χ0n) is 25.6. The molecule has 6 nitrogen and oxygen atoms in total. The third-order valence-electron chi connectivity index (χ3n) is 6.84. The van der Waals surface area contributed by atoms with Gasteiger partial charge in [-0.05, 0) is 31.6 Å². The Balaban J connectivity index is 3.37. The van der Waals surface area contributed by atoms with Crippen molar-refractivity contribution >= 4 is 5.97 Å². The molecule has 1 unspecified atom stereocenters. The van der Waals surface area contributed by atoms with Gasteiger partial charge in [0.15, 0.2) is 0 Å². The average Bonchev–Trinajstić information content (AvgIpc) is 2.93. The molecule has 0 aromatic heterocycles. The van der Waals surface area contributed by atoms with Gasteiger partial charge in [-0.3, -0.25) is 4.79 Å². The SMILES string of the molecule is CCCCCCCCCCOCCOCCOCCOCCCC(=O)OCC(CCCC)CCCCCC. The molecule has 0 saturated carbocycles. The van der Waals surface area contributed by atoms with Crippen molar-refractivity contribution in [3.05, 3.63) is 0 Å². The molecule has 0 aromatic rings. The van der Waals surface area contributed by atoms with Crippen LogP contribution in [-0.4, -0.2) is 65.4 Å². The van der Waals surface area contributed by atoms with Crippen LogP contribution in [0.2, 0.25) is 0 Å². The lowest BCUT2D eigenvalue weighted by Gasteiger charge is -2.16. The van der Waals surface area contributed by atoms with Gasteiger partial charge in [0.05, 0.1) is 46.2 Å². The molecule has 0 fully saturated rings. The van der Waals surface area contributed by atoms with Crippen molar-refractivity contribution in [3.8, 4) is 0 Å². The Hall–Kier alpha value is -0.690. The van der Waals surface area contributed by atoms with E-state index >= 15 is 0 Å². The summed E-state index contributed by atoms with van der Waals surface area (Å²) >= 11 is 0. The van der Waals surface area contributed by atoms with Gasteiger partial charge >= 0.3 is 5.97 Å². The minimum atomic E-state index is -0.0983. The highest BCUT2D eigenvalue weighted by Gasteiger charge is 2.12. The van der Waals surface area contributed by atoms with Crippen LogP contribution in [0.25, 0.3) is 0 Å². The Kier molecular flexibility index (Phi) is 31.9. The molecule has 0 bridgehead atoms. The summed E-state index contributed by atoms with van der Waals surface area (Å²) in [6.45, 7) is 12.2. The van der Waals surface area contributed by atoms with Gasteiger partial charge in [-0.25, -0.2) is 0 Å². The molecule has 228 valence electrons. The maximum atomic E-state index is 12.1. The standard InChI is InChI=1S/C32H64O6/c1-4-7-10-12-13-14-15-17-22-34-24-26-36-28-29-37-27-25-35-23-18-21-32(33)38-30-31(19-9-6-3)20-16-11-8-5-2/h31H,4-30H2,1-3H3. The Morgan fingerprint density at radius 3 is 1.45 bits per heavy atom. The van der Waals surface area contributed by atoms with Gasteiger partial charge in [0, 0.05) is 19.6 Å². The second-order valence-electron chi connectivity index (χ2n) is 10.6. The Bertz CT molecular complexity index is 459. The summed E-state index contributed by atoms with van der Waals surface area (Å²) in [5.41, 5.74) is 0. The van der Waals surface area contributed by atoms with Gasteiger partial charge in [-0.15, -0.1) is 0 Å². The van der Waals surface area contributed by atoms with Crippen molar-refractivity contribution in [3.63, 3.8) is 0 Å². The van der Waals surface area contributed by atoms with E-state index in [0.717, 1.165) is 19.4 Å². The summed E-state index contributed by atoms with van der Waals surface area (Å²) in [4.78, 5) is 12.1. The van der Waals surface area contributed by atoms with Gasteiger partial charge in [0.2, 0.25) is 0 Å². The number of hydrogen-bond acceptors (Lipinski definition) is 6. The van der Waals surface area contributed by atoms with Crippen molar-refractivity contribution < 1.29 is 28.5 Å². The Morgan fingerprint density at radius 2 is 0.895 bits per heavy atom. The molecule has 0 N–H and O–H groups in total. The van der Waals surface area contributed by atoms with Crippen LogP contribution in [0.5, 0.6) is 0 Å². The normalized spacial score (nSPS) is 12.2. The Labute approximate surface area is 236 Å². The van der Waals surface area contributed by atoms with Gasteiger partial charge in [-0.1, -0.05) is 104 Å². The van der Waals surface area contributed by atoms with Gasteiger partial charge in [0.1, 0.15) is 0 Å². The van der Waals surface area contributed by atoms with E-state index in [4.69, 9.17) is 23.7 Å². The molecule has 1 atom stereocenters. The molecule has 38 heavy (non-hydrogen) atoms. The van der Waals surface area contributed by atoms with Crippen molar-refractivity contribution in [2.24, 2.45) is 5.92 Å². The fourth-order valence-electron chi connectivity index (χ4n) is 4.36. The number of carbonyl (C=O) groups is 1. The van der Waals surface area contributed by atoms with E-state index in [1.54, 1.807) is 0 Å². The van der Waals surface area contributed by atoms with Crippen LogP contribution in [0.3, 0.4) is 0 Å². The third-order valence-corrected chi connectivity index (χ3v) is 6.84. The van der Waals surface area contributed by atoms with E-state index < -0.39 is 0 Å². The first-order valence-corrected chi connectivity index (χ1v) is 16.2. The van der Waals surface area contributed by atoms with Crippen molar-refractivity contribution in [1.82, 2.24) is 0 Å². The largest absolute Gasteiger partial charge is 0.465 e. The highest BCUT2D eigenvalue weighted by molar-refractivity contribution is 5.69. The minimum absolute atomic E-state index is 0.0983. The predicted octanol–water partition coefficient (Wildman–Crippen LogP) is 8.29. The fraction of sp³-hybridized carbons (Fsp3) is 0.969. The second kappa shape index (κ2) is 32.5. The molecule has 0 aliphatic carbocycles. The van der Waals surface area contributed by atoms with Gasteiger partial charge < -0.3 is 23.7 Å². The quantitative estimate of drug-likeness (QED) is 0.0627. The molecule has 0 aromatic carbocycles. The average molecular weight is 545 g/mol. The molecule has 0 aliphatic rings. The van der Waals surface area contributed by atoms with Crippen LogP contribution in [0.15, 0.2) is 0 Å². The number of hydrogen-bond donors (Lipinski definition) is 0. The summed E-state index contributed by atoms with van der Waals surface area (Å²) in [6, 6.07) is 0. The predicted molar refractivity (Wildman–Crippen MR) is 158 cm³/mol. The van der Waals surface area contributed by atoms with Crippen LogP contribution in [0, 0.1) is 5.92 Å². The van der Waals surface area contributed by atoms with E-state index in [0.29, 0.717) is 71.6 Å². The zero-order chi connectivity index (χ0) is 27.8. The van der Waals surface area contributed by atoms with Crippen LogP contribution < -0.4 is 0 Å². The highest BCUT2D eigenvalue weighted by Crippen LogP contribution is 2.18. The van der Waals surface area contributed by atoms with E-state index in [9.17, 15) is 4.79 Å². The molecule has 0 spiro atoms. The lowest BCUT2D eigenvalue weighted by molar-refractivity contribution is -0.145. The van der Waals surface area contributed by atoms with Gasteiger partial charge in [-0.2, -0.15) is 0 Å². The van der Waals surface area contributed by atoms with Crippen molar-refractivity contribution in [2.75, 3.05) is 59.5 Å². The summed E-state index contributed by atoms with van der Waals surface area (Å²) in [7, 11) is 0. The molecule has 0 heterocycles. The van der Waals surface area contributed by atoms with Crippen molar-refractivity contribution in [2.45, 2.75) is 136 Å². The molecule has 6 heteroatoms. The van der Waals surface area contributed by atoms with Crippen LogP contribution in [-0.2, 0) is 28.5 Å². The minimum Gasteiger partial charge on any atom is -0.465 e. The van der Waals surface area contributed by atoms with E-state index in [-0.39, 0.29) is 5.97 Å². The first-order chi connectivity index (χ1) is 18.7. The van der Waals surface area contributed by atoms with Crippen molar-refractivity contribution in [1.29, 1.82) is 0 Å². The highest BCUT2D eigenvalue weighted by atomic mass is 16.6. The lowest BCUT2D eigenvalue weighted by atomic mass is 9.96. The van der Waals surface area contributed by atoms with Gasteiger partial charge in [0.25, 0.3) is 0 Å². The molecule has 0 rings (SSSR count). The first-order valence-electron chi connectivity index (χ1n) is 16.2. The monoisotopic (exact) mass is 544 g/mol. The summed E-state index contributed by atoms with van der Waals surface area (Å²) < 4.78 is 27.8. The maximum absolute atomic E-state index is 12.1. The molecular weight excluding hydrogens is 480 g/mol. The van der Waals surface area contributed by atoms with E-state index in [1.807, 2.05) is 0 Å². The smallest absolute Gasteiger partial charge is 0.305 e. The maximum Gasteiger partial charge on any atom is 0.305 e. The topological polar surface area (TPSA) is 63.2 Å². The molecular formula is C32H64O6. The summed E-state index contributed by atoms with van der Waals surface area (Å²) in [6.07, 6.45) is 21.5. The number of ether oxygens (including phenoxy) is 5. The number of rotatable bonds is 32. The van der Waals surface area contributed by atoms with Crippen LogP contribution in [0.4, 0.5) is 0 Å². The summed E-state index contributed by atoms with van der Waals surface area (Å²) in [5.74, 6) is 0.416. The fourth-order valence-corrected chi connectivity index (χ4v) is 4.36. The molecule has 0 radical (unpaired) electrons. The molecule has 0 amide bonds. The molecule has 0 saturated heterocycles. The van der Waals surface area contributed by atoms with E-state index in [2.05, 4.69) is 20.8 Å². The second-order valence-corrected chi connectivity index (χ2v) is 10.6. The number of unbranched alkanes of at least 4 members (excludes halogenated alkanes) is 11. The number of esters is 1. The summed E-state index contributed by atoms with van der Waals surface area (Å²) in [5, 5.41) is 0. The molecule has 0 aliphatic heterocycles. The Morgan fingerprint density at radius 1 is 0.474 bits per heavy atom. The van der Waals surface area contributed by atoms with E-state index in [1.165, 1.54) is 89.9 Å². The first kappa shape index (κ1) is 37.3.